The van der Waals surface area contributed by atoms with Gasteiger partial charge < -0.3 is 0 Å². The van der Waals surface area contributed by atoms with Crippen molar-refractivity contribution in [3.8, 4) is 11.3 Å². The summed E-state index contributed by atoms with van der Waals surface area (Å²) in [4.78, 5) is 40.3. The number of benzene rings is 3. The van der Waals surface area contributed by atoms with Crippen LogP contribution in [0, 0.1) is 26.1 Å². The van der Waals surface area contributed by atoms with Crippen molar-refractivity contribution in [3.63, 3.8) is 0 Å². The first kappa shape index (κ1) is 34.2. The summed E-state index contributed by atoms with van der Waals surface area (Å²) in [7, 11) is 0. The minimum atomic E-state index is -4.83. The quantitative estimate of drug-likeness (QED) is 0.121. The van der Waals surface area contributed by atoms with Crippen LogP contribution in [0.1, 0.15) is 77.9 Å². The second-order valence-corrected chi connectivity index (χ2v) is 13.0. The summed E-state index contributed by atoms with van der Waals surface area (Å²) in [5.41, 5.74) is 2.30. The maximum Gasteiger partial charge on any atom is 0.433 e. The fourth-order valence-electron chi connectivity index (χ4n) is 6.77. The van der Waals surface area contributed by atoms with Crippen LogP contribution in [0.5, 0.6) is 0 Å². The summed E-state index contributed by atoms with van der Waals surface area (Å²) in [6.45, 7) is 4.02. The minimum Gasteiger partial charge on any atom is -0.265 e. The highest BCUT2D eigenvalue weighted by atomic mass is 19.4. The molecular weight excluding hydrogens is 679 g/mol. The Hall–Kier alpha value is -6.25. The summed E-state index contributed by atoms with van der Waals surface area (Å²) in [6.07, 6.45) is -1.08. The number of fused-ring (bicyclic) bond motifs is 2. The van der Waals surface area contributed by atoms with Crippen LogP contribution in [0.3, 0.4) is 0 Å². The number of hydrogen-bond donors (Lipinski definition) is 0. The lowest BCUT2D eigenvalue weighted by Crippen LogP contribution is -2.32. The van der Waals surface area contributed by atoms with E-state index in [1.54, 1.807) is 36.4 Å². The largest absolute Gasteiger partial charge is 0.433 e. The monoisotopic (exact) mass is 709 g/mol. The van der Waals surface area contributed by atoms with Gasteiger partial charge in [-0.05, 0) is 71.7 Å². The van der Waals surface area contributed by atoms with E-state index in [1.807, 2.05) is 32.1 Å². The molecular formula is C37H30F3N7O5. The third-order valence-electron chi connectivity index (χ3n) is 9.41. The predicted octanol–water partition coefficient (Wildman–Crippen LogP) is 8.79. The van der Waals surface area contributed by atoms with E-state index in [9.17, 15) is 38.2 Å². The number of nitrogens with zero attached hydrogens (tertiary/aromatic N) is 7. The number of hydrogen-bond acceptors (Lipinski definition) is 8. The molecule has 0 unspecified atom stereocenters. The van der Waals surface area contributed by atoms with Crippen LogP contribution in [-0.2, 0) is 6.18 Å². The van der Waals surface area contributed by atoms with Crippen molar-refractivity contribution in [1.29, 1.82) is 0 Å². The molecule has 1 fully saturated rings. The molecule has 1 aliphatic carbocycles. The topological polar surface area (TPSA) is 149 Å². The molecule has 0 radical (unpaired) electrons. The van der Waals surface area contributed by atoms with Crippen molar-refractivity contribution in [2.24, 2.45) is 11.0 Å². The average molecular weight is 710 g/mol. The molecule has 7 rings (SSSR count). The smallest absolute Gasteiger partial charge is 0.265 e. The second-order valence-electron chi connectivity index (χ2n) is 13.0. The van der Waals surface area contributed by atoms with Gasteiger partial charge in [0.1, 0.15) is 0 Å². The first-order chi connectivity index (χ1) is 24.8. The zero-order valence-corrected chi connectivity index (χ0v) is 27.8. The molecule has 2 aliphatic rings. The Kier molecular flexibility index (Phi) is 8.64. The zero-order valence-electron chi connectivity index (χ0n) is 27.8. The first-order valence-corrected chi connectivity index (χ1v) is 16.5. The molecule has 2 aromatic heterocycles. The van der Waals surface area contributed by atoms with E-state index in [2.05, 4.69) is 10.1 Å². The van der Waals surface area contributed by atoms with Gasteiger partial charge in [0.15, 0.2) is 17.0 Å². The SMILES string of the molecule is CC(C)c1ccc(-c2cc(C(F)(F)F)n3nc(C(=O)N4N=C5/C(=C\c6ccc([N+](=O)[O-])cc6)CCC[C@@H]5[C@H]4c4ccc([N+](=O)[O-])cc4)cc3n2)cc1. The number of allylic oxidation sites excluding steroid dienone is 1. The third-order valence-corrected chi connectivity index (χ3v) is 9.41. The van der Waals surface area contributed by atoms with Gasteiger partial charge in [0.25, 0.3) is 17.3 Å². The molecule has 0 saturated heterocycles. The summed E-state index contributed by atoms with van der Waals surface area (Å²) in [5.74, 6) is -0.911. The standard InChI is InChI=1S/C37H30F3N7O5/c1-21(2)23-8-10-24(11-9-23)30-19-32(37(38,39)40)44-33(41-30)20-31(42-44)36(48)45-35(25-12-16-28(17-13-25)47(51)52)29-5-3-4-26(34(29)43-45)18-22-6-14-27(15-7-22)46(49)50/h6-21,29,35H,3-5H2,1-2H3/b26-18-/t29-,35+/m0/s1. The Morgan fingerprint density at radius 2 is 1.56 bits per heavy atom. The molecule has 5 aromatic rings. The Bertz CT molecular complexity index is 2280. The van der Waals surface area contributed by atoms with Gasteiger partial charge in [0.05, 0.1) is 27.3 Å². The number of alkyl halides is 3. The Morgan fingerprint density at radius 3 is 2.15 bits per heavy atom. The van der Waals surface area contributed by atoms with Crippen molar-refractivity contribution in [2.75, 3.05) is 0 Å². The van der Waals surface area contributed by atoms with E-state index in [-0.39, 0.29) is 40.2 Å². The highest BCUT2D eigenvalue weighted by molar-refractivity contribution is 6.09. The number of nitro benzene ring substituents is 2. The molecule has 15 heteroatoms. The van der Waals surface area contributed by atoms with Gasteiger partial charge in [-0.1, -0.05) is 50.2 Å². The Labute approximate surface area is 294 Å². The van der Waals surface area contributed by atoms with E-state index < -0.39 is 33.7 Å². The van der Waals surface area contributed by atoms with Crippen LogP contribution in [0.4, 0.5) is 24.5 Å². The number of rotatable bonds is 7. The van der Waals surface area contributed by atoms with Gasteiger partial charge in [-0.2, -0.15) is 23.4 Å². The van der Waals surface area contributed by atoms with Crippen LogP contribution in [0.15, 0.2) is 95.6 Å². The van der Waals surface area contributed by atoms with Gasteiger partial charge in [0.2, 0.25) is 0 Å². The first-order valence-electron chi connectivity index (χ1n) is 16.5. The Morgan fingerprint density at radius 1 is 0.923 bits per heavy atom. The molecule has 2 atom stereocenters. The lowest BCUT2D eigenvalue weighted by molar-refractivity contribution is -0.385. The van der Waals surface area contributed by atoms with Gasteiger partial charge in [-0.15, -0.1) is 0 Å². The van der Waals surface area contributed by atoms with Gasteiger partial charge in [0, 0.05) is 41.8 Å². The number of carbonyl (C=O) groups is 1. The van der Waals surface area contributed by atoms with E-state index in [0.29, 0.717) is 46.2 Å². The van der Waals surface area contributed by atoms with E-state index in [1.165, 1.54) is 35.3 Å². The highest BCUT2D eigenvalue weighted by Gasteiger charge is 2.45. The summed E-state index contributed by atoms with van der Waals surface area (Å²) in [6, 6.07) is 20.1. The van der Waals surface area contributed by atoms with Crippen LogP contribution in [0.2, 0.25) is 0 Å². The number of halogens is 3. The van der Waals surface area contributed by atoms with Crippen LogP contribution in [-0.4, -0.2) is 41.1 Å². The molecule has 1 aliphatic heterocycles. The molecule has 264 valence electrons. The third kappa shape index (κ3) is 6.40. The maximum atomic E-state index is 14.5. The van der Waals surface area contributed by atoms with Crippen molar-refractivity contribution >= 4 is 34.7 Å². The molecule has 1 saturated carbocycles. The van der Waals surface area contributed by atoms with Gasteiger partial charge in [-0.25, -0.2) is 14.5 Å². The molecule has 0 N–H and O–H groups in total. The van der Waals surface area contributed by atoms with E-state index in [4.69, 9.17) is 5.10 Å². The fourth-order valence-corrected chi connectivity index (χ4v) is 6.77. The van der Waals surface area contributed by atoms with Crippen LogP contribution < -0.4 is 0 Å². The van der Waals surface area contributed by atoms with Gasteiger partial charge in [-0.3, -0.25) is 25.0 Å². The number of non-ortho nitro benzene ring substituents is 2. The molecule has 12 nitrogen and oxygen atoms in total. The van der Waals surface area contributed by atoms with Gasteiger partial charge >= 0.3 is 6.18 Å². The normalized spacial score (nSPS) is 18.2. The van der Waals surface area contributed by atoms with E-state index >= 15 is 0 Å². The van der Waals surface area contributed by atoms with Crippen molar-refractivity contribution in [1.82, 2.24) is 19.6 Å². The molecule has 1 amide bonds. The fraction of sp³-hybridized carbons (Fsp3) is 0.243. The Balaban J connectivity index is 1.31. The van der Waals surface area contributed by atoms with E-state index in [0.717, 1.165) is 17.2 Å². The van der Waals surface area contributed by atoms with Crippen molar-refractivity contribution in [2.45, 2.75) is 51.2 Å². The molecule has 52 heavy (non-hydrogen) atoms. The summed E-state index contributed by atoms with van der Waals surface area (Å²) < 4.78 is 44.0. The molecule has 3 heterocycles. The van der Waals surface area contributed by atoms with Crippen LogP contribution in [0.25, 0.3) is 23.0 Å². The van der Waals surface area contributed by atoms with Crippen molar-refractivity contribution < 1.29 is 27.8 Å². The summed E-state index contributed by atoms with van der Waals surface area (Å²) >= 11 is 0. The zero-order chi connectivity index (χ0) is 36.9. The number of nitro groups is 2. The average Bonchev–Trinajstić information content (AvgIpc) is 3.74. The highest BCUT2D eigenvalue weighted by Crippen LogP contribution is 2.45. The predicted molar refractivity (Wildman–Crippen MR) is 185 cm³/mol. The lowest BCUT2D eigenvalue weighted by atomic mass is 9.77. The number of hydrazone groups is 1. The number of amides is 1. The second kappa shape index (κ2) is 13.1. The maximum absolute atomic E-state index is 14.5. The van der Waals surface area contributed by atoms with Crippen LogP contribution >= 0.6 is 0 Å². The lowest BCUT2D eigenvalue weighted by Gasteiger charge is -2.29. The molecule has 0 spiro atoms. The minimum absolute atomic E-state index is 0.0613. The molecule has 3 aromatic carbocycles. The van der Waals surface area contributed by atoms with Crippen molar-refractivity contribution in [3.05, 3.63) is 139 Å². The molecule has 0 bridgehead atoms. The number of carbonyl (C=O) groups excluding carboxylic acids is 1. The number of aromatic nitrogens is 3. The summed E-state index contributed by atoms with van der Waals surface area (Å²) in [5, 5.41) is 32.6.